The van der Waals surface area contributed by atoms with Crippen LogP contribution in [0.3, 0.4) is 0 Å². The van der Waals surface area contributed by atoms with Gasteiger partial charge >= 0.3 is 0 Å². The Balaban J connectivity index is 1.10. The average Bonchev–Trinajstić information content (AvgIpc) is 3.89. The molecule has 1 N–H and O–H groups in total. The van der Waals surface area contributed by atoms with Crippen molar-refractivity contribution in [2.24, 2.45) is 9.98 Å². The summed E-state index contributed by atoms with van der Waals surface area (Å²) in [4.78, 5) is 10.5. The van der Waals surface area contributed by atoms with Crippen LogP contribution >= 0.6 is 22.7 Å². The molecule has 240 valence electrons. The quantitative estimate of drug-likeness (QED) is 0.200. The Morgan fingerprint density at radius 1 is 0.510 bits per heavy atom. The largest absolute Gasteiger partial charge is 0.456 e. The first-order valence-electron chi connectivity index (χ1n) is 17.0. The summed E-state index contributed by atoms with van der Waals surface area (Å²) in [6.45, 7) is 0. The molecule has 0 radical (unpaired) electrons. The van der Waals surface area contributed by atoms with Gasteiger partial charge in [0.1, 0.15) is 23.2 Å². The molecular weight excluding hydrogens is 663 g/mol. The number of nitrogens with zero attached hydrogens (tertiary/aromatic N) is 2. The van der Waals surface area contributed by atoms with Gasteiger partial charge in [-0.2, -0.15) is 0 Å². The van der Waals surface area contributed by atoms with E-state index in [0.717, 1.165) is 50.3 Å². The summed E-state index contributed by atoms with van der Waals surface area (Å²) < 4.78 is 11.6. The van der Waals surface area contributed by atoms with Crippen molar-refractivity contribution >= 4 is 96.6 Å². The van der Waals surface area contributed by atoms with E-state index in [1.165, 1.54) is 51.5 Å². The lowest BCUT2D eigenvalue weighted by Gasteiger charge is -2.24. The van der Waals surface area contributed by atoms with Crippen LogP contribution in [0.4, 0.5) is 0 Å². The van der Waals surface area contributed by atoms with Gasteiger partial charge in [-0.3, -0.25) is 0 Å². The highest BCUT2D eigenvalue weighted by Crippen LogP contribution is 2.44. The van der Waals surface area contributed by atoms with Gasteiger partial charge in [0.2, 0.25) is 0 Å². The minimum Gasteiger partial charge on any atom is -0.456 e. The smallest absolute Gasteiger partial charge is 0.160 e. The van der Waals surface area contributed by atoms with Gasteiger partial charge in [-0.05, 0) is 53.6 Å². The van der Waals surface area contributed by atoms with Crippen LogP contribution in [0.15, 0.2) is 166 Å². The molecule has 0 bridgehead atoms. The van der Waals surface area contributed by atoms with Gasteiger partial charge in [0.25, 0.3) is 0 Å². The van der Waals surface area contributed by atoms with Crippen molar-refractivity contribution in [2.45, 2.75) is 6.17 Å². The second-order valence-electron chi connectivity index (χ2n) is 12.9. The Bertz CT molecular complexity index is 3070. The summed E-state index contributed by atoms with van der Waals surface area (Å²) in [6, 6.07) is 53.6. The molecule has 4 heterocycles. The topological polar surface area (TPSA) is 49.9 Å². The normalized spacial score (nSPS) is 14.9. The Hall–Kier alpha value is -6.08. The van der Waals surface area contributed by atoms with E-state index in [0.29, 0.717) is 0 Å². The van der Waals surface area contributed by atoms with Gasteiger partial charge in [0.05, 0.1) is 0 Å². The molecule has 3 aromatic heterocycles. The predicted octanol–water partition coefficient (Wildman–Crippen LogP) is 12.5. The lowest BCUT2D eigenvalue weighted by atomic mass is 9.97. The molecule has 0 spiro atoms. The molecule has 51 heavy (non-hydrogen) atoms. The lowest BCUT2D eigenvalue weighted by Crippen LogP contribution is -2.33. The number of benzene rings is 7. The van der Waals surface area contributed by atoms with E-state index in [-0.39, 0.29) is 6.17 Å². The zero-order valence-corrected chi connectivity index (χ0v) is 28.8. The summed E-state index contributed by atoms with van der Waals surface area (Å²) in [6.07, 6.45) is -0.295. The Morgan fingerprint density at radius 2 is 1.14 bits per heavy atom. The number of rotatable bonds is 4. The molecule has 10 aromatic rings. The van der Waals surface area contributed by atoms with E-state index < -0.39 is 0 Å². The number of fused-ring (bicyclic) bond motifs is 9. The van der Waals surface area contributed by atoms with Crippen LogP contribution < -0.4 is 5.32 Å². The molecular formula is C45H27N3OS2. The Morgan fingerprint density at radius 3 is 1.90 bits per heavy atom. The van der Waals surface area contributed by atoms with E-state index in [1.807, 2.05) is 17.4 Å². The SMILES string of the molecule is c1ccc(C2N=C(c3cccc4c3sc3ccccc34)N=C(c3ccc4oc5cccc(-c6cccc7c6sc6ccccc67)c5c4c3)N2)cc1. The Labute approximate surface area is 300 Å². The molecule has 0 aliphatic carbocycles. The first-order valence-corrected chi connectivity index (χ1v) is 18.6. The van der Waals surface area contributed by atoms with E-state index in [4.69, 9.17) is 14.4 Å². The maximum absolute atomic E-state index is 6.51. The van der Waals surface area contributed by atoms with E-state index in [9.17, 15) is 0 Å². The third-order valence-corrected chi connectivity index (χ3v) is 12.4. The number of hydrogen-bond donors (Lipinski definition) is 1. The van der Waals surface area contributed by atoms with Crippen molar-refractivity contribution in [2.75, 3.05) is 0 Å². The zero-order chi connectivity index (χ0) is 33.5. The van der Waals surface area contributed by atoms with Gasteiger partial charge in [-0.1, -0.05) is 109 Å². The molecule has 0 amide bonds. The van der Waals surface area contributed by atoms with E-state index >= 15 is 0 Å². The minimum atomic E-state index is -0.295. The maximum Gasteiger partial charge on any atom is 0.160 e. The fraction of sp³-hybridized carbons (Fsp3) is 0.0222. The van der Waals surface area contributed by atoms with Crippen LogP contribution in [0.5, 0.6) is 0 Å². The number of amidine groups is 2. The summed E-state index contributed by atoms with van der Waals surface area (Å²) in [5.41, 5.74) is 7.22. The number of aliphatic imine (C=N–C) groups is 2. The minimum absolute atomic E-state index is 0.295. The lowest BCUT2D eigenvalue weighted by molar-refractivity contribution is 0.668. The Kier molecular flexibility index (Phi) is 6.32. The average molecular weight is 690 g/mol. The molecule has 6 heteroatoms. The van der Waals surface area contributed by atoms with Gasteiger partial charge in [-0.25, -0.2) is 9.98 Å². The molecule has 0 fully saturated rings. The van der Waals surface area contributed by atoms with Crippen molar-refractivity contribution in [3.8, 4) is 11.1 Å². The summed E-state index contributed by atoms with van der Waals surface area (Å²) in [5, 5.41) is 10.9. The van der Waals surface area contributed by atoms with Crippen molar-refractivity contribution in [3.05, 3.63) is 168 Å². The van der Waals surface area contributed by atoms with Crippen LogP contribution in [-0.2, 0) is 0 Å². The van der Waals surface area contributed by atoms with Crippen LogP contribution in [-0.4, -0.2) is 11.7 Å². The molecule has 1 aliphatic rings. The van der Waals surface area contributed by atoms with Gasteiger partial charge in [0, 0.05) is 67.8 Å². The highest BCUT2D eigenvalue weighted by Gasteiger charge is 2.24. The van der Waals surface area contributed by atoms with Crippen LogP contribution in [0.1, 0.15) is 22.9 Å². The fourth-order valence-electron chi connectivity index (χ4n) is 7.60. The van der Waals surface area contributed by atoms with Crippen LogP contribution in [0.2, 0.25) is 0 Å². The predicted molar refractivity (Wildman–Crippen MR) is 217 cm³/mol. The van der Waals surface area contributed by atoms with E-state index in [2.05, 4.69) is 151 Å². The number of thiophene rings is 2. The van der Waals surface area contributed by atoms with Crippen molar-refractivity contribution in [1.29, 1.82) is 0 Å². The van der Waals surface area contributed by atoms with Crippen molar-refractivity contribution in [3.63, 3.8) is 0 Å². The van der Waals surface area contributed by atoms with Crippen molar-refractivity contribution < 1.29 is 4.42 Å². The van der Waals surface area contributed by atoms with Gasteiger partial charge < -0.3 is 9.73 Å². The molecule has 1 atom stereocenters. The van der Waals surface area contributed by atoms with Crippen LogP contribution in [0, 0.1) is 0 Å². The molecule has 11 rings (SSSR count). The first kappa shape index (κ1) is 28.7. The molecule has 0 saturated heterocycles. The summed E-state index contributed by atoms with van der Waals surface area (Å²) in [5.74, 6) is 1.51. The van der Waals surface area contributed by atoms with Gasteiger partial charge in [-0.15, -0.1) is 22.7 Å². The molecule has 0 saturated carbocycles. The fourth-order valence-corrected chi connectivity index (χ4v) is 10.0. The van der Waals surface area contributed by atoms with Crippen LogP contribution in [0.25, 0.3) is 73.4 Å². The summed E-state index contributed by atoms with van der Waals surface area (Å²) >= 11 is 3.65. The third kappa shape index (κ3) is 4.50. The number of hydrogen-bond acceptors (Lipinski definition) is 6. The highest BCUT2D eigenvalue weighted by molar-refractivity contribution is 7.26. The third-order valence-electron chi connectivity index (χ3n) is 9.97. The maximum atomic E-state index is 6.51. The number of furan rings is 1. The molecule has 4 nitrogen and oxygen atoms in total. The molecule has 1 unspecified atom stereocenters. The molecule has 7 aromatic carbocycles. The highest BCUT2D eigenvalue weighted by atomic mass is 32.1. The number of nitrogens with one attached hydrogen (secondary N) is 1. The second-order valence-corrected chi connectivity index (χ2v) is 15.0. The zero-order valence-electron chi connectivity index (χ0n) is 27.1. The molecule has 1 aliphatic heterocycles. The van der Waals surface area contributed by atoms with E-state index in [1.54, 1.807) is 11.3 Å². The standard InChI is InChI=1S/C45H27N3OS2/c1-2-11-26(12-3-1)43-46-44(48-45(47-43)34-19-9-17-32-29-14-5-7-22-39(29)51-42(32)34)27-23-24-36-35(25-27)40-30(15-10-20-37(40)49-36)33-18-8-16-31-28-13-4-6-21-38(28)50-41(31)33/h1-25,43H,(H,46,47,48). The summed E-state index contributed by atoms with van der Waals surface area (Å²) in [7, 11) is 0. The van der Waals surface area contributed by atoms with Gasteiger partial charge in [0.15, 0.2) is 5.84 Å². The second kappa shape index (κ2) is 11.2. The first-order chi connectivity index (χ1) is 25.3. The monoisotopic (exact) mass is 689 g/mol. The van der Waals surface area contributed by atoms with Crippen molar-refractivity contribution in [1.82, 2.24) is 5.32 Å².